The number of hydrogen-bond donors (Lipinski definition) is 2. The second kappa shape index (κ2) is 8.39. The average Bonchev–Trinajstić information content (AvgIpc) is 3.05. The molecule has 2 N–H and O–H groups in total. The summed E-state index contributed by atoms with van der Waals surface area (Å²) in [6, 6.07) is 0. The number of hydrogen-bond acceptors (Lipinski definition) is 4. The topological polar surface area (TPSA) is 66.8 Å². The minimum atomic E-state index is -0.211. The van der Waals surface area contributed by atoms with Crippen molar-refractivity contribution in [3.8, 4) is 0 Å². The molecular weight excluding hydrogens is 376 g/mol. The number of rotatable bonds is 5. The molecule has 0 bridgehead atoms. The second-order valence-corrected chi connectivity index (χ2v) is 11.8. The predicted octanol–water partition coefficient (Wildman–Crippen LogP) is 4.96. The van der Waals surface area contributed by atoms with Crippen LogP contribution in [0.1, 0.15) is 91.9 Å². The maximum absolute atomic E-state index is 11.9. The molecule has 172 valence electrons. The molecule has 0 amide bonds. The molecule has 4 aliphatic rings. The molecular formula is C26H44O4. The highest BCUT2D eigenvalue weighted by Crippen LogP contribution is 2.68. The normalized spacial score (nSPS) is 48.9. The molecule has 4 nitrogen and oxygen atoms in total. The molecule has 4 fully saturated rings. The summed E-state index contributed by atoms with van der Waals surface area (Å²) in [4.78, 5) is 11.9. The summed E-state index contributed by atoms with van der Waals surface area (Å²) in [5.74, 6) is 3.20. The van der Waals surface area contributed by atoms with E-state index in [4.69, 9.17) is 4.74 Å². The zero-order valence-corrected chi connectivity index (χ0v) is 19.6. The van der Waals surface area contributed by atoms with Gasteiger partial charge in [-0.2, -0.15) is 0 Å². The number of ether oxygens (including phenoxy) is 1. The second-order valence-electron chi connectivity index (χ2n) is 11.8. The highest BCUT2D eigenvalue weighted by Gasteiger charge is 2.62. The molecule has 30 heavy (non-hydrogen) atoms. The number of esters is 1. The smallest absolute Gasteiger partial charge is 0.305 e. The molecule has 4 heteroatoms. The van der Waals surface area contributed by atoms with Gasteiger partial charge >= 0.3 is 5.97 Å². The van der Waals surface area contributed by atoms with E-state index in [2.05, 4.69) is 20.8 Å². The van der Waals surface area contributed by atoms with Gasteiger partial charge in [-0.1, -0.05) is 20.8 Å². The molecule has 0 aliphatic heterocycles. The van der Waals surface area contributed by atoms with Gasteiger partial charge in [0.05, 0.1) is 18.8 Å². The minimum Gasteiger partial charge on any atom is -0.466 e. The van der Waals surface area contributed by atoms with E-state index in [-0.39, 0.29) is 29.0 Å². The molecule has 4 saturated carbocycles. The fourth-order valence-electron chi connectivity index (χ4n) is 8.96. The average molecular weight is 421 g/mol. The van der Waals surface area contributed by atoms with Crippen molar-refractivity contribution in [2.45, 2.75) is 104 Å². The van der Waals surface area contributed by atoms with Crippen LogP contribution in [0.25, 0.3) is 0 Å². The quantitative estimate of drug-likeness (QED) is 0.617. The first-order chi connectivity index (χ1) is 14.2. The molecule has 0 aromatic rings. The van der Waals surface area contributed by atoms with E-state index in [1.54, 1.807) is 0 Å². The zero-order valence-electron chi connectivity index (χ0n) is 19.6. The Morgan fingerprint density at radius 3 is 2.47 bits per heavy atom. The Labute approximate surface area is 183 Å². The molecule has 0 saturated heterocycles. The van der Waals surface area contributed by atoms with E-state index >= 15 is 0 Å². The molecule has 0 spiro atoms. The van der Waals surface area contributed by atoms with Gasteiger partial charge in [-0.3, -0.25) is 4.79 Å². The summed E-state index contributed by atoms with van der Waals surface area (Å²) >= 11 is 0. The Bertz CT molecular complexity index is 635. The number of aliphatic hydroxyl groups excluding tert-OH is 2. The van der Waals surface area contributed by atoms with E-state index in [0.717, 1.165) is 32.1 Å². The molecule has 0 aromatic carbocycles. The lowest BCUT2D eigenvalue weighted by molar-refractivity contribution is -0.174. The molecule has 0 unspecified atom stereocenters. The summed E-state index contributed by atoms with van der Waals surface area (Å²) in [5.41, 5.74) is 0.575. The summed E-state index contributed by atoms with van der Waals surface area (Å²) in [7, 11) is 0. The van der Waals surface area contributed by atoms with Crippen LogP contribution in [0.15, 0.2) is 0 Å². The molecule has 4 rings (SSSR count). The maximum atomic E-state index is 11.9. The number of carbonyl (C=O) groups is 1. The van der Waals surface area contributed by atoms with Crippen LogP contribution in [0.5, 0.6) is 0 Å². The zero-order chi connectivity index (χ0) is 21.7. The molecule has 4 aliphatic carbocycles. The van der Waals surface area contributed by atoms with E-state index in [1.807, 2.05) is 6.92 Å². The lowest BCUT2D eigenvalue weighted by Gasteiger charge is -2.62. The maximum Gasteiger partial charge on any atom is 0.305 e. The van der Waals surface area contributed by atoms with Gasteiger partial charge < -0.3 is 14.9 Å². The Kier molecular flexibility index (Phi) is 6.31. The van der Waals surface area contributed by atoms with Crippen LogP contribution >= 0.6 is 0 Å². The van der Waals surface area contributed by atoms with Crippen molar-refractivity contribution < 1.29 is 19.7 Å². The van der Waals surface area contributed by atoms with Gasteiger partial charge in [0.25, 0.3) is 0 Å². The number of carbonyl (C=O) groups excluding carboxylic acids is 1. The van der Waals surface area contributed by atoms with E-state index in [1.165, 1.54) is 25.7 Å². The first kappa shape index (κ1) is 22.6. The third-order valence-electron chi connectivity index (χ3n) is 10.5. The van der Waals surface area contributed by atoms with Gasteiger partial charge in [-0.25, -0.2) is 0 Å². The van der Waals surface area contributed by atoms with Crippen molar-refractivity contribution in [3.05, 3.63) is 0 Å². The van der Waals surface area contributed by atoms with Gasteiger partial charge in [-0.05, 0) is 111 Å². The van der Waals surface area contributed by atoms with Gasteiger partial charge in [-0.15, -0.1) is 0 Å². The van der Waals surface area contributed by atoms with Gasteiger partial charge in [0.1, 0.15) is 0 Å². The Morgan fingerprint density at radius 1 is 1.03 bits per heavy atom. The van der Waals surface area contributed by atoms with Crippen LogP contribution in [0.3, 0.4) is 0 Å². The lowest BCUT2D eigenvalue weighted by atomic mass is 9.43. The van der Waals surface area contributed by atoms with Crippen molar-refractivity contribution in [1.29, 1.82) is 0 Å². The van der Waals surface area contributed by atoms with E-state index < -0.39 is 0 Å². The van der Waals surface area contributed by atoms with Gasteiger partial charge in [0.15, 0.2) is 0 Å². The molecule has 0 radical (unpaired) electrons. The van der Waals surface area contributed by atoms with Crippen LogP contribution in [0.4, 0.5) is 0 Å². The first-order valence-corrected chi connectivity index (χ1v) is 12.7. The highest BCUT2D eigenvalue weighted by atomic mass is 16.5. The predicted molar refractivity (Wildman–Crippen MR) is 118 cm³/mol. The van der Waals surface area contributed by atoms with Gasteiger partial charge in [0.2, 0.25) is 0 Å². The van der Waals surface area contributed by atoms with Crippen molar-refractivity contribution in [3.63, 3.8) is 0 Å². The van der Waals surface area contributed by atoms with Crippen molar-refractivity contribution in [2.24, 2.45) is 46.3 Å². The van der Waals surface area contributed by atoms with Crippen molar-refractivity contribution in [1.82, 2.24) is 0 Å². The Balaban J connectivity index is 1.49. The van der Waals surface area contributed by atoms with E-state index in [0.29, 0.717) is 48.5 Å². The van der Waals surface area contributed by atoms with Crippen LogP contribution < -0.4 is 0 Å². The molecule has 0 aromatic heterocycles. The number of fused-ring (bicyclic) bond motifs is 5. The van der Waals surface area contributed by atoms with Crippen molar-refractivity contribution in [2.75, 3.05) is 6.61 Å². The lowest BCUT2D eigenvalue weighted by Crippen LogP contribution is -2.58. The molecule has 0 heterocycles. The van der Waals surface area contributed by atoms with E-state index in [9.17, 15) is 15.0 Å². The fourth-order valence-corrected chi connectivity index (χ4v) is 8.96. The van der Waals surface area contributed by atoms with Crippen LogP contribution in [0.2, 0.25) is 0 Å². The number of aliphatic hydroxyl groups is 2. The highest BCUT2D eigenvalue weighted by molar-refractivity contribution is 5.69. The fraction of sp³-hybridized carbons (Fsp3) is 0.962. The summed E-state index contributed by atoms with van der Waals surface area (Å²) in [6.45, 7) is 9.65. The monoisotopic (exact) mass is 420 g/mol. The first-order valence-electron chi connectivity index (χ1n) is 12.7. The minimum absolute atomic E-state index is 0.0612. The largest absolute Gasteiger partial charge is 0.466 e. The van der Waals surface area contributed by atoms with Crippen molar-refractivity contribution >= 4 is 5.97 Å². The Morgan fingerprint density at radius 2 is 1.73 bits per heavy atom. The van der Waals surface area contributed by atoms with Crippen LogP contribution in [-0.4, -0.2) is 35.0 Å². The van der Waals surface area contributed by atoms with Crippen LogP contribution in [0, 0.1) is 46.3 Å². The molecule has 10 atom stereocenters. The standard InChI is InChI=1S/C26H44O4/c1-5-30-23(29)9-6-16(2)19-7-8-20-24-21(11-13-26(19,20)4)25(3)12-10-18(27)14-17(25)15-22(24)28/h16-22,24,27-28H,5-15H2,1-4H3/t16-,17+,18-,19-,20+,21+,22+,24+,25+,26-/m1/s1. The summed E-state index contributed by atoms with van der Waals surface area (Å²) in [5, 5.41) is 21.6. The van der Waals surface area contributed by atoms with Crippen LogP contribution in [-0.2, 0) is 9.53 Å². The Hall–Kier alpha value is -0.610. The third-order valence-corrected chi connectivity index (χ3v) is 10.5. The summed E-state index contributed by atoms with van der Waals surface area (Å²) < 4.78 is 5.15. The summed E-state index contributed by atoms with van der Waals surface area (Å²) in [6.07, 6.45) is 9.82. The third kappa shape index (κ3) is 3.64. The SMILES string of the molecule is CCOC(=O)CC[C@@H](C)[C@H]1CC[C@H]2[C@@H]3[C@@H](O)C[C@@H]4C[C@H](O)CC[C@]4(C)[C@H]3CC[C@]12C. The van der Waals surface area contributed by atoms with Gasteiger partial charge in [0, 0.05) is 6.42 Å².